The van der Waals surface area contributed by atoms with Crippen LogP contribution in [0.2, 0.25) is 0 Å². The van der Waals surface area contributed by atoms with Crippen LogP contribution in [0.3, 0.4) is 0 Å². The monoisotopic (exact) mass is 773 g/mol. The zero-order chi connectivity index (χ0) is 40.3. The molecule has 0 fully saturated rings. The van der Waals surface area contributed by atoms with Crippen LogP contribution >= 0.6 is 0 Å². The van der Waals surface area contributed by atoms with Gasteiger partial charge in [-0.05, 0) is 18.6 Å². The molecule has 0 aliphatic carbocycles. The van der Waals surface area contributed by atoms with Gasteiger partial charge in [-0.15, -0.1) is 0 Å². The molecule has 0 radical (unpaired) electrons. The van der Waals surface area contributed by atoms with Gasteiger partial charge in [0, 0.05) is 24.8 Å². The van der Waals surface area contributed by atoms with Crippen LogP contribution in [0.5, 0.6) is 0 Å². The molecular weight excluding hydrogens is 714 g/mol. The van der Waals surface area contributed by atoms with Gasteiger partial charge in [0.25, 0.3) is 5.91 Å². The number of carbonyl (C=O) groups is 5. The summed E-state index contributed by atoms with van der Waals surface area (Å²) in [6.07, 6.45) is 5.82. The Morgan fingerprint density at radius 1 is 0.593 bits per heavy atom. The number of methoxy groups -OCH3 is 3. The van der Waals surface area contributed by atoms with E-state index in [1.807, 2.05) is 0 Å². The van der Waals surface area contributed by atoms with Gasteiger partial charge >= 0.3 is 17.9 Å². The van der Waals surface area contributed by atoms with E-state index in [0.717, 1.165) is 0 Å². The maximum Gasteiger partial charge on any atom is 0.307 e. The maximum atomic E-state index is 13.0. The summed E-state index contributed by atoms with van der Waals surface area (Å²) in [4.78, 5) is 59.8. The number of allylic oxidation sites excluding steroid dienone is 3. The number of hydrogen-bond donors (Lipinski definition) is 3. The lowest BCUT2D eigenvalue weighted by Gasteiger charge is -2.34. The summed E-state index contributed by atoms with van der Waals surface area (Å²) in [5, 5.41) is 12.8. The summed E-state index contributed by atoms with van der Waals surface area (Å²) in [5.41, 5.74) is -0.147. The molecule has 0 spiro atoms. The molecule has 0 atom stereocenters. The molecule has 3 N–H and O–H groups in total. The molecule has 0 heterocycles. The molecule has 0 aromatic carbocycles. The average molecular weight is 774 g/mol. The molecule has 0 unspecified atom stereocenters. The largest absolute Gasteiger partial charge is 0.469 e. The number of rotatable bonds is 35. The molecule has 0 aliphatic rings. The van der Waals surface area contributed by atoms with Gasteiger partial charge < -0.3 is 63.4 Å². The number of hydrogen-bond acceptors (Lipinski definition) is 16. The summed E-state index contributed by atoms with van der Waals surface area (Å²) in [6.45, 7) is 7.61. The molecular formula is C36H59N3O15. The van der Waals surface area contributed by atoms with E-state index in [9.17, 15) is 24.0 Å². The predicted molar refractivity (Wildman–Crippen MR) is 195 cm³/mol. The fourth-order valence-electron chi connectivity index (χ4n) is 3.94. The van der Waals surface area contributed by atoms with Gasteiger partial charge in [0.05, 0.1) is 133 Å². The Balaban J connectivity index is 4.53. The van der Waals surface area contributed by atoms with Crippen molar-refractivity contribution in [3.63, 3.8) is 0 Å². The number of ether oxygens (including phenoxy) is 10. The molecule has 0 saturated carbocycles. The normalized spacial score (nSPS) is 11.8. The van der Waals surface area contributed by atoms with Crippen molar-refractivity contribution in [3.05, 3.63) is 36.0 Å². The minimum Gasteiger partial charge on any atom is -0.469 e. The number of carbonyl (C=O) groups excluding carboxylic acids is 5. The van der Waals surface area contributed by atoms with E-state index in [1.54, 1.807) is 19.1 Å². The van der Waals surface area contributed by atoms with Crippen molar-refractivity contribution in [2.75, 3.05) is 120 Å². The molecule has 0 bridgehead atoms. The van der Waals surface area contributed by atoms with Crippen LogP contribution in [0, 0.1) is 5.41 Å². The van der Waals surface area contributed by atoms with E-state index in [4.69, 9.17) is 38.6 Å². The van der Waals surface area contributed by atoms with Crippen molar-refractivity contribution >= 4 is 35.9 Å². The third-order valence-electron chi connectivity index (χ3n) is 6.93. The standard InChI is InChI=1S/C36H59N3O15/c1-6-30(8-7-29(2)25-37)35(44)38-13-18-49-20-22-51-24-23-50-21-19-48-14-9-31(40)39-36(26-52-15-10-32(41)45-3,27-53-16-11-33(42)46-4)28-54-17-12-34(43)47-5/h6-8,25,37H,1,9-24,26-28H2,2-5H3,(H,38,44)(H,39,40)/b29-7+,30-8+,37-25?. The molecule has 308 valence electrons. The first-order chi connectivity index (χ1) is 26.1. The van der Waals surface area contributed by atoms with Crippen molar-refractivity contribution in [3.8, 4) is 0 Å². The SMILES string of the molecule is C=C/C(=C\C=C(/C)C=N)C(=O)NCCOCCOCCOCCOCCC(=O)NC(COCCC(=O)OC)(COCCC(=O)OC)COCCC(=O)OC. The Hall–Kier alpha value is -4.04. The van der Waals surface area contributed by atoms with Crippen LogP contribution in [0.1, 0.15) is 32.6 Å². The van der Waals surface area contributed by atoms with Crippen LogP contribution in [0.15, 0.2) is 36.0 Å². The van der Waals surface area contributed by atoms with Gasteiger partial charge in [-0.1, -0.05) is 18.7 Å². The first-order valence-corrected chi connectivity index (χ1v) is 17.4. The van der Waals surface area contributed by atoms with Gasteiger partial charge in [0.15, 0.2) is 0 Å². The Kier molecular flexibility index (Phi) is 31.0. The topological polar surface area (TPSA) is 226 Å². The van der Waals surface area contributed by atoms with Crippen molar-refractivity contribution in [1.29, 1.82) is 5.41 Å². The Morgan fingerprint density at radius 3 is 1.41 bits per heavy atom. The highest BCUT2D eigenvalue weighted by Crippen LogP contribution is 2.11. The number of amides is 2. The van der Waals surface area contributed by atoms with Gasteiger partial charge in [0.2, 0.25) is 5.91 Å². The zero-order valence-corrected chi connectivity index (χ0v) is 32.1. The Morgan fingerprint density at radius 2 is 1.00 bits per heavy atom. The predicted octanol–water partition coefficient (Wildman–Crippen LogP) is 0.861. The third kappa shape index (κ3) is 27.5. The molecule has 18 nitrogen and oxygen atoms in total. The smallest absolute Gasteiger partial charge is 0.307 e. The average Bonchev–Trinajstić information content (AvgIpc) is 3.17. The maximum absolute atomic E-state index is 13.0. The fourth-order valence-corrected chi connectivity index (χ4v) is 3.94. The highest BCUT2D eigenvalue weighted by molar-refractivity contribution is 5.96. The first-order valence-electron chi connectivity index (χ1n) is 17.4. The quantitative estimate of drug-likeness (QED) is 0.0203. The van der Waals surface area contributed by atoms with Gasteiger partial charge in [-0.2, -0.15) is 0 Å². The van der Waals surface area contributed by atoms with Crippen molar-refractivity contribution in [1.82, 2.24) is 10.6 Å². The van der Waals surface area contributed by atoms with Crippen LogP contribution < -0.4 is 10.6 Å². The molecule has 18 heteroatoms. The van der Waals surface area contributed by atoms with E-state index in [0.29, 0.717) is 50.7 Å². The molecule has 0 aromatic heterocycles. The second kappa shape index (κ2) is 33.5. The second-order valence-corrected chi connectivity index (χ2v) is 11.3. The van der Waals surface area contributed by atoms with Crippen molar-refractivity contribution in [2.45, 2.75) is 38.1 Å². The number of nitrogens with one attached hydrogen (secondary N) is 3. The summed E-state index contributed by atoms with van der Waals surface area (Å²) in [6, 6.07) is 0. The molecule has 2 amide bonds. The zero-order valence-electron chi connectivity index (χ0n) is 32.1. The highest BCUT2D eigenvalue weighted by atomic mass is 16.6. The van der Waals surface area contributed by atoms with Gasteiger partial charge in [0.1, 0.15) is 5.54 Å². The van der Waals surface area contributed by atoms with Gasteiger partial charge in [-0.3, -0.25) is 24.0 Å². The van der Waals surface area contributed by atoms with Crippen LogP contribution in [0.4, 0.5) is 0 Å². The number of esters is 3. The van der Waals surface area contributed by atoms with E-state index < -0.39 is 29.4 Å². The molecule has 0 aromatic rings. The van der Waals surface area contributed by atoms with E-state index >= 15 is 0 Å². The molecule has 54 heavy (non-hydrogen) atoms. The lowest BCUT2D eigenvalue weighted by Crippen LogP contribution is -2.59. The lowest BCUT2D eigenvalue weighted by molar-refractivity contribution is -0.143. The van der Waals surface area contributed by atoms with Crippen molar-refractivity contribution < 1.29 is 71.3 Å². The van der Waals surface area contributed by atoms with Crippen LogP contribution in [-0.4, -0.2) is 162 Å². The lowest BCUT2D eigenvalue weighted by atomic mass is 10.0. The first kappa shape index (κ1) is 50.0. The van der Waals surface area contributed by atoms with Gasteiger partial charge in [-0.25, -0.2) is 0 Å². The van der Waals surface area contributed by atoms with E-state index in [1.165, 1.54) is 33.6 Å². The van der Waals surface area contributed by atoms with Crippen LogP contribution in [-0.2, 0) is 71.3 Å². The van der Waals surface area contributed by atoms with Crippen molar-refractivity contribution in [2.24, 2.45) is 0 Å². The third-order valence-corrected chi connectivity index (χ3v) is 6.93. The second-order valence-electron chi connectivity index (χ2n) is 11.3. The Labute approximate surface area is 317 Å². The molecule has 0 aliphatic heterocycles. The highest BCUT2D eigenvalue weighted by Gasteiger charge is 2.34. The summed E-state index contributed by atoms with van der Waals surface area (Å²) in [5.74, 6) is -2.10. The van der Waals surface area contributed by atoms with E-state index in [2.05, 4.69) is 31.4 Å². The Bertz CT molecular complexity index is 1120. The minimum absolute atomic E-state index is 0.00000653. The summed E-state index contributed by atoms with van der Waals surface area (Å²) < 4.78 is 52.9. The fraction of sp³-hybridized carbons (Fsp3) is 0.667. The molecule has 0 saturated heterocycles. The summed E-state index contributed by atoms with van der Waals surface area (Å²) >= 11 is 0. The van der Waals surface area contributed by atoms with Crippen LogP contribution in [0.25, 0.3) is 0 Å². The molecule has 0 rings (SSSR count). The van der Waals surface area contributed by atoms with E-state index in [-0.39, 0.29) is 91.1 Å². The summed E-state index contributed by atoms with van der Waals surface area (Å²) in [7, 11) is 3.78. The minimum atomic E-state index is -1.24.